The van der Waals surface area contributed by atoms with Gasteiger partial charge in [-0.1, -0.05) is 31.9 Å². The van der Waals surface area contributed by atoms with E-state index in [1.165, 1.54) is 31.2 Å². The lowest BCUT2D eigenvalue weighted by atomic mass is 9.82. The van der Waals surface area contributed by atoms with Crippen molar-refractivity contribution in [2.24, 2.45) is 11.8 Å². The molecule has 0 saturated heterocycles. The minimum Gasteiger partial charge on any atom is -0.497 e. The molecule has 2 rings (SSSR count). The SMILES string of the molecule is COc1ccc([C@@H](C)NCC2CCCC(C)C2)cc1. The summed E-state index contributed by atoms with van der Waals surface area (Å²) in [5, 5.41) is 3.69. The van der Waals surface area contributed by atoms with Crippen molar-refractivity contribution in [1.29, 1.82) is 0 Å². The van der Waals surface area contributed by atoms with Crippen molar-refractivity contribution in [1.82, 2.24) is 5.32 Å². The van der Waals surface area contributed by atoms with E-state index in [0.717, 1.165) is 24.1 Å². The summed E-state index contributed by atoms with van der Waals surface area (Å²) in [7, 11) is 1.71. The van der Waals surface area contributed by atoms with Crippen LogP contribution < -0.4 is 10.1 Å². The van der Waals surface area contributed by atoms with Crippen molar-refractivity contribution >= 4 is 0 Å². The smallest absolute Gasteiger partial charge is 0.118 e. The average molecular weight is 261 g/mol. The second kappa shape index (κ2) is 6.95. The van der Waals surface area contributed by atoms with E-state index >= 15 is 0 Å². The molecule has 2 unspecified atom stereocenters. The maximum Gasteiger partial charge on any atom is 0.118 e. The fourth-order valence-corrected chi connectivity index (χ4v) is 3.10. The Morgan fingerprint density at radius 1 is 1.26 bits per heavy atom. The van der Waals surface area contributed by atoms with Gasteiger partial charge in [0, 0.05) is 6.04 Å². The number of methoxy groups -OCH3 is 1. The Morgan fingerprint density at radius 3 is 2.63 bits per heavy atom. The first kappa shape index (κ1) is 14.4. The molecule has 1 saturated carbocycles. The number of nitrogens with one attached hydrogen (secondary N) is 1. The normalized spacial score (nSPS) is 25.0. The summed E-state index contributed by atoms with van der Waals surface area (Å²) in [6.07, 6.45) is 5.62. The third kappa shape index (κ3) is 4.24. The van der Waals surface area contributed by atoms with Crippen molar-refractivity contribution < 1.29 is 4.74 Å². The Balaban J connectivity index is 1.81. The first-order valence-corrected chi connectivity index (χ1v) is 7.56. The largest absolute Gasteiger partial charge is 0.497 e. The molecule has 0 heterocycles. The van der Waals surface area contributed by atoms with Gasteiger partial charge in [-0.3, -0.25) is 0 Å². The molecule has 0 radical (unpaired) electrons. The Morgan fingerprint density at radius 2 is 2.00 bits per heavy atom. The van der Waals surface area contributed by atoms with Gasteiger partial charge in [0.1, 0.15) is 5.75 Å². The summed E-state index contributed by atoms with van der Waals surface area (Å²) in [5.41, 5.74) is 1.34. The van der Waals surface area contributed by atoms with Crippen LogP contribution in [0.25, 0.3) is 0 Å². The zero-order valence-electron chi connectivity index (χ0n) is 12.5. The maximum absolute atomic E-state index is 5.20. The highest BCUT2D eigenvalue weighted by atomic mass is 16.5. The van der Waals surface area contributed by atoms with Crippen LogP contribution in [0.5, 0.6) is 5.75 Å². The van der Waals surface area contributed by atoms with Crippen LogP contribution in [0.4, 0.5) is 0 Å². The summed E-state index contributed by atoms with van der Waals surface area (Å²) >= 11 is 0. The van der Waals surface area contributed by atoms with Crippen molar-refractivity contribution in [3.8, 4) is 5.75 Å². The van der Waals surface area contributed by atoms with Crippen molar-refractivity contribution in [3.05, 3.63) is 29.8 Å². The topological polar surface area (TPSA) is 21.3 Å². The minimum absolute atomic E-state index is 0.420. The Bertz CT molecular complexity index is 373. The number of hydrogen-bond donors (Lipinski definition) is 1. The summed E-state index contributed by atoms with van der Waals surface area (Å²) < 4.78 is 5.20. The van der Waals surface area contributed by atoms with E-state index in [4.69, 9.17) is 4.74 Å². The van der Waals surface area contributed by atoms with Crippen LogP contribution in [0.2, 0.25) is 0 Å². The van der Waals surface area contributed by atoms with E-state index in [-0.39, 0.29) is 0 Å². The summed E-state index contributed by atoms with van der Waals surface area (Å²) in [4.78, 5) is 0. The molecular formula is C17H27NO. The van der Waals surface area contributed by atoms with Gasteiger partial charge in [-0.2, -0.15) is 0 Å². The average Bonchev–Trinajstić information content (AvgIpc) is 2.45. The molecule has 0 bridgehead atoms. The van der Waals surface area contributed by atoms with Gasteiger partial charge < -0.3 is 10.1 Å². The molecule has 106 valence electrons. The second-order valence-electron chi connectivity index (χ2n) is 6.04. The van der Waals surface area contributed by atoms with Gasteiger partial charge in [0.2, 0.25) is 0 Å². The fraction of sp³-hybridized carbons (Fsp3) is 0.647. The van der Waals surface area contributed by atoms with E-state index in [9.17, 15) is 0 Å². The van der Waals surface area contributed by atoms with Crippen molar-refractivity contribution in [2.45, 2.75) is 45.6 Å². The van der Waals surface area contributed by atoms with E-state index in [1.807, 2.05) is 12.1 Å². The van der Waals surface area contributed by atoms with Gasteiger partial charge in [-0.25, -0.2) is 0 Å². The highest BCUT2D eigenvalue weighted by molar-refractivity contribution is 5.28. The van der Waals surface area contributed by atoms with Gasteiger partial charge in [-0.05, 0) is 55.8 Å². The number of rotatable bonds is 5. The second-order valence-corrected chi connectivity index (χ2v) is 6.04. The molecule has 1 aromatic carbocycles. The van der Waals surface area contributed by atoms with Crippen LogP contribution in [-0.2, 0) is 0 Å². The lowest BCUT2D eigenvalue weighted by molar-refractivity contribution is 0.268. The molecule has 1 aromatic rings. The summed E-state index contributed by atoms with van der Waals surface area (Å²) in [6, 6.07) is 8.80. The molecule has 2 nitrogen and oxygen atoms in total. The van der Waals surface area contributed by atoms with Crippen LogP contribution in [0, 0.1) is 11.8 Å². The molecule has 1 fully saturated rings. The standard InChI is InChI=1S/C17H27NO/c1-13-5-4-6-15(11-13)12-18-14(2)16-7-9-17(19-3)10-8-16/h7-10,13-15,18H,4-6,11-12H2,1-3H3/t13?,14-,15?/m1/s1. The van der Waals surface area contributed by atoms with Crippen LogP contribution in [0.3, 0.4) is 0 Å². The molecule has 1 aliphatic carbocycles. The summed E-state index contributed by atoms with van der Waals surface area (Å²) in [5.74, 6) is 2.71. The van der Waals surface area contributed by atoms with Gasteiger partial charge >= 0.3 is 0 Å². The Labute approximate surface area is 117 Å². The molecule has 0 amide bonds. The zero-order valence-corrected chi connectivity index (χ0v) is 12.5. The van der Waals surface area contributed by atoms with Crippen LogP contribution in [0.15, 0.2) is 24.3 Å². The van der Waals surface area contributed by atoms with Gasteiger partial charge in [0.15, 0.2) is 0 Å². The summed E-state index contributed by atoms with van der Waals surface area (Å²) in [6.45, 7) is 5.78. The molecular weight excluding hydrogens is 234 g/mol. The minimum atomic E-state index is 0.420. The Hall–Kier alpha value is -1.02. The number of hydrogen-bond acceptors (Lipinski definition) is 2. The maximum atomic E-state index is 5.20. The van der Waals surface area contributed by atoms with E-state index < -0.39 is 0 Å². The molecule has 3 atom stereocenters. The van der Waals surface area contributed by atoms with E-state index in [0.29, 0.717) is 6.04 Å². The van der Waals surface area contributed by atoms with E-state index in [1.54, 1.807) is 7.11 Å². The predicted molar refractivity (Wildman–Crippen MR) is 80.5 cm³/mol. The van der Waals surface area contributed by atoms with Gasteiger partial charge in [0.25, 0.3) is 0 Å². The number of benzene rings is 1. The zero-order chi connectivity index (χ0) is 13.7. The molecule has 0 aromatic heterocycles. The molecule has 0 aliphatic heterocycles. The lowest BCUT2D eigenvalue weighted by Crippen LogP contribution is -2.28. The van der Waals surface area contributed by atoms with Crippen molar-refractivity contribution in [2.75, 3.05) is 13.7 Å². The molecule has 19 heavy (non-hydrogen) atoms. The molecule has 0 spiro atoms. The van der Waals surface area contributed by atoms with Gasteiger partial charge in [0.05, 0.1) is 7.11 Å². The highest BCUT2D eigenvalue weighted by Crippen LogP contribution is 2.28. The van der Waals surface area contributed by atoms with Crippen LogP contribution in [-0.4, -0.2) is 13.7 Å². The molecule has 1 N–H and O–H groups in total. The highest BCUT2D eigenvalue weighted by Gasteiger charge is 2.19. The van der Waals surface area contributed by atoms with E-state index in [2.05, 4.69) is 31.3 Å². The molecule has 1 aliphatic rings. The third-order valence-electron chi connectivity index (χ3n) is 4.37. The predicted octanol–water partition coefficient (Wildman–Crippen LogP) is 4.17. The van der Waals surface area contributed by atoms with Crippen molar-refractivity contribution in [3.63, 3.8) is 0 Å². The quantitative estimate of drug-likeness (QED) is 0.859. The fourth-order valence-electron chi connectivity index (χ4n) is 3.10. The molecule has 2 heteroatoms. The lowest BCUT2D eigenvalue weighted by Gasteiger charge is -2.28. The third-order valence-corrected chi connectivity index (χ3v) is 4.37. The Kier molecular flexibility index (Phi) is 5.26. The number of ether oxygens (including phenoxy) is 1. The van der Waals surface area contributed by atoms with Crippen LogP contribution >= 0.6 is 0 Å². The first-order chi connectivity index (χ1) is 9.19. The van der Waals surface area contributed by atoms with Crippen LogP contribution in [0.1, 0.15) is 51.1 Å². The monoisotopic (exact) mass is 261 g/mol. The first-order valence-electron chi connectivity index (χ1n) is 7.56. The van der Waals surface area contributed by atoms with Gasteiger partial charge in [-0.15, -0.1) is 0 Å².